The van der Waals surface area contributed by atoms with Gasteiger partial charge in [0.15, 0.2) is 12.3 Å². The van der Waals surface area contributed by atoms with Crippen molar-refractivity contribution in [2.45, 2.75) is 32.7 Å². The molecule has 24 heavy (non-hydrogen) atoms. The molecule has 2 aromatic rings. The molecule has 6 nitrogen and oxygen atoms in total. The van der Waals surface area contributed by atoms with Crippen LogP contribution >= 0.6 is 15.9 Å². The maximum Gasteiger partial charge on any atom is 0.359 e. The molecule has 1 aromatic heterocycles. The lowest BCUT2D eigenvalue weighted by atomic mass is 10.1. The van der Waals surface area contributed by atoms with Crippen LogP contribution in [0, 0.1) is 0 Å². The van der Waals surface area contributed by atoms with Crippen molar-refractivity contribution in [3.8, 4) is 0 Å². The molecule has 0 saturated heterocycles. The Morgan fingerprint density at radius 2 is 2.04 bits per heavy atom. The Morgan fingerprint density at radius 1 is 1.33 bits per heavy atom. The van der Waals surface area contributed by atoms with Crippen molar-refractivity contribution >= 4 is 27.8 Å². The predicted molar refractivity (Wildman–Crippen MR) is 93.6 cm³/mol. The Kier molecular flexibility index (Phi) is 6.54. The monoisotopic (exact) mass is 393 g/mol. The molecule has 0 aliphatic rings. The number of halogens is 1. The second kappa shape index (κ2) is 8.63. The predicted octanol–water partition coefficient (Wildman–Crippen LogP) is 3.16. The molecular weight excluding hydrogens is 374 g/mol. The molecule has 1 unspecified atom stereocenters. The third kappa shape index (κ3) is 5.19. The van der Waals surface area contributed by atoms with Crippen molar-refractivity contribution in [3.63, 3.8) is 0 Å². The van der Waals surface area contributed by atoms with E-state index in [-0.39, 0.29) is 24.2 Å². The molecule has 7 heteroatoms. The standard InChI is InChI=1S/C17H20BrN3O3/c1-3-4-14-9-15(21-20-14)17(23)24-10-16(22)19-11(2)12-5-7-13(18)8-6-12/h5-9,11H,3-4,10H2,1-2H3,(H,19,22)(H,20,21). The lowest BCUT2D eigenvalue weighted by Gasteiger charge is -2.14. The number of hydrogen-bond donors (Lipinski definition) is 2. The van der Waals surface area contributed by atoms with Crippen molar-refractivity contribution in [1.29, 1.82) is 0 Å². The number of carbonyl (C=O) groups is 2. The summed E-state index contributed by atoms with van der Waals surface area (Å²) >= 11 is 3.37. The summed E-state index contributed by atoms with van der Waals surface area (Å²) in [7, 11) is 0. The van der Waals surface area contributed by atoms with E-state index in [4.69, 9.17) is 4.74 Å². The van der Waals surface area contributed by atoms with Crippen LogP contribution in [-0.4, -0.2) is 28.7 Å². The Morgan fingerprint density at radius 3 is 2.71 bits per heavy atom. The molecule has 2 rings (SSSR count). The number of hydrogen-bond acceptors (Lipinski definition) is 4. The van der Waals surface area contributed by atoms with Gasteiger partial charge in [-0.05, 0) is 37.1 Å². The first-order chi connectivity index (χ1) is 11.5. The summed E-state index contributed by atoms with van der Waals surface area (Å²) in [6.07, 6.45) is 1.76. The molecule has 0 spiro atoms. The highest BCUT2D eigenvalue weighted by molar-refractivity contribution is 9.10. The van der Waals surface area contributed by atoms with E-state index in [0.717, 1.165) is 28.6 Å². The Hall–Kier alpha value is -2.15. The minimum absolute atomic E-state index is 0.175. The molecule has 1 aromatic carbocycles. The number of H-pyrrole nitrogens is 1. The maximum absolute atomic E-state index is 11.9. The Bertz CT molecular complexity index is 697. The number of aromatic amines is 1. The number of amides is 1. The van der Waals surface area contributed by atoms with Crippen molar-refractivity contribution in [1.82, 2.24) is 15.5 Å². The normalized spacial score (nSPS) is 11.8. The van der Waals surface area contributed by atoms with E-state index in [1.54, 1.807) is 6.07 Å². The first-order valence-electron chi connectivity index (χ1n) is 7.75. The highest BCUT2D eigenvalue weighted by Crippen LogP contribution is 2.16. The van der Waals surface area contributed by atoms with Gasteiger partial charge in [0.05, 0.1) is 6.04 Å². The van der Waals surface area contributed by atoms with Crippen LogP contribution in [0.25, 0.3) is 0 Å². The fraction of sp³-hybridized carbons (Fsp3) is 0.353. The molecule has 1 amide bonds. The quantitative estimate of drug-likeness (QED) is 0.707. The second-order valence-electron chi connectivity index (χ2n) is 5.45. The molecule has 2 N–H and O–H groups in total. The van der Waals surface area contributed by atoms with Crippen LogP contribution in [0.5, 0.6) is 0 Å². The van der Waals surface area contributed by atoms with Gasteiger partial charge in [-0.1, -0.05) is 41.4 Å². The zero-order valence-electron chi connectivity index (χ0n) is 13.6. The molecule has 0 aliphatic carbocycles. The number of esters is 1. The highest BCUT2D eigenvalue weighted by atomic mass is 79.9. The number of rotatable bonds is 7. The van der Waals surface area contributed by atoms with Gasteiger partial charge >= 0.3 is 5.97 Å². The summed E-state index contributed by atoms with van der Waals surface area (Å²) in [5.74, 6) is -0.969. The SMILES string of the molecule is CCCc1cc(C(=O)OCC(=O)NC(C)c2ccc(Br)cc2)n[nH]1. The Labute approximate surface area is 149 Å². The summed E-state index contributed by atoms with van der Waals surface area (Å²) in [5.41, 5.74) is 2.03. The molecule has 0 bridgehead atoms. The molecule has 1 atom stereocenters. The average molecular weight is 394 g/mol. The number of aryl methyl sites for hydroxylation is 1. The summed E-state index contributed by atoms with van der Waals surface area (Å²) in [6, 6.07) is 9.12. The second-order valence-corrected chi connectivity index (χ2v) is 6.36. The Balaban J connectivity index is 1.81. The maximum atomic E-state index is 11.9. The van der Waals surface area contributed by atoms with Crippen LogP contribution in [0.4, 0.5) is 0 Å². The molecule has 0 fully saturated rings. The van der Waals surface area contributed by atoms with Crippen LogP contribution in [0.3, 0.4) is 0 Å². The smallest absolute Gasteiger partial charge is 0.359 e. The van der Waals surface area contributed by atoms with Gasteiger partial charge in [-0.25, -0.2) is 4.79 Å². The summed E-state index contributed by atoms with van der Waals surface area (Å²) in [6.45, 7) is 3.57. The number of nitrogens with one attached hydrogen (secondary N) is 2. The largest absolute Gasteiger partial charge is 0.451 e. The highest BCUT2D eigenvalue weighted by Gasteiger charge is 2.15. The van der Waals surface area contributed by atoms with Crippen LogP contribution in [0.15, 0.2) is 34.8 Å². The van der Waals surface area contributed by atoms with E-state index >= 15 is 0 Å². The number of nitrogens with zero attached hydrogens (tertiary/aromatic N) is 1. The van der Waals surface area contributed by atoms with Crippen LogP contribution in [-0.2, 0) is 16.0 Å². The molecular formula is C17H20BrN3O3. The number of carbonyl (C=O) groups excluding carboxylic acids is 2. The van der Waals surface area contributed by atoms with E-state index in [9.17, 15) is 9.59 Å². The van der Waals surface area contributed by atoms with Crippen molar-refractivity contribution in [3.05, 3.63) is 51.8 Å². The summed E-state index contributed by atoms with van der Waals surface area (Å²) < 4.78 is 5.97. The lowest BCUT2D eigenvalue weighted by Crippen LogP contribution is -2.31. The fourth-order valence-corrected chi connectivity index (χ4v) is 2.45. The minimum Gasteiger partial charge on any atom is -0.451 e. The fourth-order valence-electron chi connectivity index (χ4n) is 2.19. The van der Waals surface area contributed by atoms with Crippen LogP contribution in [0.2, 0.25) is 0 Å². The number of benzene rings is 1. The van der Waals surface area contributed by atoms with Crippen molar-refractivity contribution < 1.29 is 14.3 Å². The first-order valence-corrected chi connectivity index (χ1v) is 8.55. The summed E-state index contributed by atoms with van der Waals surface area (Å²) in [5, 5.41) is 9.46. The number of ether oxygens (including phenoxy) is 1. The van der Waals surface area contributed by atoms with Gasteiger partial charge in [-0.3, -0.25) is 9.89 Å². The van der Waals surface area contributed by atoms with Gasteiger partial charge in [0, 0.05) is 10.2 Å². The minimum atomic E-state index is -0.611. The van der Waals surface area contributed by atoms with Gasteiger partial charge in [-0.2, -0.15) is 5.10 Å². The topological polar surface area (TPSA) is 84.1 Å². The van der Waals surface area contributed by atoms with E-state index in [1.807, 2.05) is 38.1 Å². The van der Waals surface area contributed by atoms with E-state index < -0.39 is 5.97 Å². The molecule has 1 heterocycles. The summed E-state index contributed by atoms with van der Waals surface area (Å²) in [4.78, 5) is 23.8. The lowest BCUT2D eigenvalue weighted by molar-refractivity contribution is -0.124. The van der Waals surface area contributed by atoms with Crippen LogP contribution in [0.1, 0.15) is 48.1 Å². The van der Waals surface area contributed by atoms with Gasteiger partial charge in [0.1, 0.15) is 0 Å². The van der Waals surface area contributed by atoms with Crippen molar-refractivity contribution in [2.24, 2.45) is 0 Å². The first kappa shape index (κ1) is 18.2. The van der Waals surface area contributed by atoms with Crippen molar-refractivity contribution in [2.75, 3.05) is 6.61 Å². The van der Waals surface area contributed by atoms with Gasteiger partial charge in [0.2, 0.25) is 0 Å². The van der Waals surface area contributed by atoms with E-state index in [1.165, 1.54) is 0 Å². The third-order valence-corrected chi connectivity index (χ3v) is 3.97. The zero-order chi connectivity index (χ0) is 17.5. The molecule has 0 radical (unpaired) electrons. The third-order valence-electron chi connectivity index (χ3n) is 3.44. The zero-order valence-corrected chi connectivity index (χ0v) is 15.2. The van der Waals surface area contributed by atoms with E-state index in [2.05, 4.69) is 31.4 Å². The molecule has 0 aliphatic heterocycles. The van der Waals surface area contributed by atoms with Crippen LogP contribution < -0.4 is 5.32 Å². The average Bonchev–Trinajstić information content (AvgIpc) is 3.02. The number of aromatic nitrogens is 2. The van der Waals surface area contributed by atoms with Gasteiger partial charge in [-0.15, -0.1) is 0 Å². The van der Waals surface area contributed by atoms with E-state index in [0.29, 0.717) is 0 Å². The van der Waals surface area contributed by atoms with Gasteiger partial charge in [0.25, 0.3) is 5.91 Å². The van der Waals surface area contributed by atoms with Gasteiger partial charge < -0.3 is 10.1 Å². The molecule has 0 saturated carbocycles. The molecule has 128 valence electrons.